The minimum Gasteiger partial charge on any atom is -0.504 e. The van der Waals surface area contributed by atoms with E-state index < -0.39 is 0 Å². The third kappa shape index (κ3) is 2.00. The van der Waals surface area contributed by atoms with Gasteiger partial charge in [-0.05, 0) is 24.3 Å². The van der Waals surface area contributed by atoms with Crippen molar-refractivity contribution in [2.24, 2.45) is 0 Å². The van der Waals surface area contributed by atoms with Crippen molar-refractivity contribution in [1.29, 1.82) is 0 Å². The molecule has 0 saturated carbocycles. The van der Waals surface area contributed by atoms with E-state index in [0.717, 1.165) is 0 Å². The quantitative estimate of drug-likeness (QED) is 0.753. The molecule has 0 saturated heterocycles. The predicted octanol–water partition coefficient (Wildman–Crippen LogP) is 2.42. The first-order chi connectivity index (χ1) is 7.79. The Kier molecular flexibility index (Phi) is 2.82. The summed E-state index contributed by atoms with van der Waals surface area (Å²) < 4.78 is 0. The maximum Gasteiger partial charge on any atom is 0.165 e. The topological polar surface area (TPSA) is 66.2 Å². The third-order valence-corrected chi connectivity index (χ3v) is 2.13. The molecule has 0 aliphatic carbocycles. The van der Waals surface area contributed by atoms with E-state index in [2.05, 4.69) is 9.97 Å². The largest absolute Gasteiger partial charge is 0.504 e. The van der Waals surface area contributed by atoms with E-state index in [9.17, 15) is 10.2 Å². The Morgan fingerprint density at radius 1 is 0.688 bits per heavy atom. The molecule has 0 fully saturated rings. The number of aliphatic hydroxyl groups is 2. The van der Waals surface area contributed by atoms with Crippen molar-refractivity contribution < 1.29 is 10.2 Å². The molecule has 0 aliphatic heterocycles. The molecule has 2 aromatic rings. The first-order valence-electron chi connectivity index (χ1n) is 4.72. The highest BCUT2D eigenvalue weighted by atomic mass is 16.3. The molecule has 0 atom stereocenters. The molecule has 2 heterocycles. The molecule has 2 N–H and O–H groups in total. The second kappa shape index (κ2) is 4.44. The van der Waals surface area contributed by atoms with Crippen molar-refractivity contribution in [3.63, 3.8) is 0 Å². The summed E-state index contributed by atoms with van der Waals surface area (Å²) >= 11 is 0. The molecule has 0 aromatic carbocycles. The van der Waals surface area contributed by atoms with Gasteiger partial charge in [0.25, 0.3) is 0 Å². The highest BCUT2D eigenvalue weighted by Crippen LogP contribution is 2.20. The number of pyridine rings is 2. The van der Waals surface area contributed by atoms with Crippen molar-refractivity contribution in [2.45, 2.75) is 0 Å². The lowest BCUT2D eigenvalue weighted by molar-refractivity contribution is 0.459. The van der Waals surface area contributed by atoms with Gasteiger partial charge in [-0.15, -0.1) is 0 Å². The van der Waals surface area contributed by atoms with Crippen LogP contribution >= 0.6 is 0 Å². The van der Waals surface area contributed by atoms with Crippen LogP contribution in [0.5, 0.6) is 0 Å². The van der Waals surface area contributed by atoms with Gasteiger partial charge >= 0.3 is 0 Å². The number of nitrogens with zero attached hydrogens (tertiary/aromatic N) is 2. The maximum atomic E-state index is 9.82. The molecule has 0 amide bonds. The van der Waals surface area contributed by atoms with Crippen LogP contribution in [0.1, 0.15) is 11.1 Å². The first-order valence-corrected chi connectivity index (χ1v) is 4.72. The fourth-order valence-corrected chi connectivity index (χ4v) is 1.29. The summed E-state index contributed by atoms with van der Waals surface area (Å²) in [7, 11) is 0. The molecule has 2 rings (SSSR count). The lowest BCUT2D eigenvalue weighted by Crippen LogP contribution is -1.91. The summed E-state index contributed by atoms with van der Waals surface area (Å²) in [5.74, 6) is -0.345. The van der Waals surface area contributed by atoms with Gasteiger partial charge in [0.15, 0.2) is 11.5 Å². The van der Waals surface area contributed by atoms with Gasteiger partial charge in [-0.2, -0.15) is 0 Å². The molecule has 0 unspecified atom stereocenters. The van der Waals surface area contributed by atoms with Gasteiger partial charge in [0.1, 0.15) is 0 Å². The molecule has 0 bridgehead atoms. The molecular weight excluding hydrogens is 204 g/mol. The van der Waals surface area contributed by atoms with Crippen molar-refractivity contribution in [1.82, 2.24) is 9.97 Å². The summed E-state index contributed by atoms with van der Waals surface area (Å²) in [5.41, 5.74) is 1.04. The van der Waals surface area contributed by atoms with E-state index in [4.69, 9.17) is 0 Å². The fraction of sp³-hybridized carbons (Fsp3) is 0. The first kappa shape index (κ1) is 10.2. The number of rotatable bonds is 2. The Bertz CT molecular complexity index is 447. The molecule has 0 spiro atoms. The van der Waals surface area contributed by atoms with Gasteiger partial charge in [0.05, 0.1) is 0 Å². The second-order valence-electron chi connectivity index (χ2n) is 3.17. The van der Waals surface area contributed by atoms with Crippen molar-refractivity contribution in [2.75, 3.05) is 0 Å². The Hall–Kier alpha value is -2.36. The summed E-state index contributed by atoms with van der Waals surface area (Å²) in [4.78, 5) is 7.67. The molecule has 80 valence electrons. The summed E-state index contributed by atoms with van der Waals surface area (Å²) in [5, 5.41) is 19.6. The van der Waals surface area contributed by atoms with Gasteiger partial charge in [-0.1, -0.05) is 0 Å². The normalized spacial score (nSPS) is 12.0. The Morgan fingerprint density at radius 2 is 1.00 bits per heavy atom. The minimum atomic E-state index is -0.173. The van der Waals surface area contributed by atoms with Gasteiger partial charge in [-0.25, -0.2) is 0 Å². The van der Waals surface area contributed by atoms with Crippen molar-refractivity contribution in [3.8, 4) is 0 Å². The third-order valence-electron chi connectivity index (χ3n) is 2.13. The minimum absolute atomic E-state index is 0.173. The molecule has 4 nitrogen and oxygen atoms in total. The van der Waals surface area contributed by atoms with E-state index in [1.807, 2.05) is 0 Å². The predicted molar refractivity (Wildman–Crippen MR) is 60.5 cm³/mol. The van der Waals surface area contributed by atoms with Crippen LogP contribution in [0.15, 0.2) is 49.1 Å². The second-order valence-corrected chi connectivity index (χ2v) is 3.17. The van der Waals surface area contributed by atoms with E-state index in [1.54, 1.807) is 49.1 Å². The van der Waals surface area contributed by atoms with Gasteiger partial charge in [0.2, 0.25) is 0 Å². The number of aromatic nitrogens is 2. The van der Waals surface area contributed by atoms with Gasteiger partial charge < -0.3 is 10.2 Å². The van der Waals surface area contributed by atoms with E-state index in [0.29, 0.717) is 11.1 Å². The maximum absolute atomic E-state index is 9.82. The van der Waals surface area contributed by atoms with Crippen LogP contribution in [0.25, 0.3) is 11.5 Å². The molecular formula is C12H10N2O2. The lowest BCUT2D eigenvalue weighted by Gasteiger charge is -2.04. The zero-order chi connectivity index (χ0) is 11.4. The lowest BCUT2D eigenvalue weighted by atomic mass is 10.1. The SMILES string of the molecule is OC(=C(O)c1ccncc1)c1ccncc1. The van der Waals surface area contributed by atoms with Crippen LogP contribution in [-0.4, -0.2) is 20.2 Å². The molecule has 0 aliphatic rings. The molecule has 16 heavy (non-hydrogen) atoms. The molecule has 2 aromatic heterocycles. The zero-order valence-electron chi connectivity index (χ0n) is 8.41. The summed E-state index contributed by atoms with van der Waals surface area (Å²) in [6.07, 6.45) is 6.19. The summed E-state index contributed by atoms with van der Waals surface area (Å²) in [6, 6.07) is 6.47. The van der Waals surface area contributed by atoms with Crippen LogP contribution in [0.3, 0.4) is 0 Å². The van der Waals surface area contributed by atoms with Crippen molar-refractivity contribution >= 4 is 11.5 Å². The fourth-order valence-electron chi connectivity index (χ4n) is 1.29. The average molecular weight is 214 g/mol. The molecule has 0 radical (unpaired) electrons. The Labute approximate surface area is 92.6 Å². The van der Waals surface area contributed by atoms with Gasteiger partial charge in [0, 0.05) is 35.9 Å². The van der Waals surface area contributed by atoms with E-state index in [-0.39, 0.29) is 11.5 Å². The average Bonchev–Trinajstić information content (AvgIpc) is 2.39. The number of hydrogen-bond donors (Lipinski definition) is 2. The van der Waals surface area contributed by atoms with Crippen molar-refractivity contribution in [3.05, 3.63) is 60.2 Å². The van der Waals surface area contributed by atoms with Crippen LogP contribution < -0.4 is 0 Å². The van der Waals surface area contributed by atoms with Crippen LogP contribution in [-0.2, 0) is 0 Å². The van der Waals surface area contributed by atoms with E-state index >= 15 is 0 Å². The number of aliphatic hydroxyl groups excluding tert-OH is 2. The summed E-state index contributed by atoms with van der Waals surface area (Å²) in [6.45, 7) is 0. The Morgan fingerprint density at radius 3 is 1.31 bits per heavy atom. The Balaban J connectivity index is 2.43. The van der Waals surface area contributed by atoms with Crippen LogP contribution in [0, 0.1) is 0 Å². The standard InChI is InChI=1S/C12H10N2O2/c15-11(9-1-5-13-6-2-9)12(16)10-3-7-14-8-4-10/h1-8,15-16H. The van der Waals surface area contributed by atoms with E-state index in [1.165, 1.54) is 0 Å². The highest BCUT2D eigenvalue weighted by molar-refractivity contribution is 5.81. The van der Waals surface area contributed by atoms with Crippen LogP contribution in [0.4, 0.5) is 0 Å². The zero-order valence-corrected chi connectivity index (χ0v) is 8.41. The number of hydrogen-bond acceptors (Lipinski definition) is 4. The smallest absolute Gasteiger partial charge is 0.165 e. The van der Waals surface area contributed by atoms with Crippen LogP contribution in [0.2, 0.25) is 0 Å². The molecule has 4 heteroatoms. The van der Waals surface area contributed by atoms with Gasteiger partial charge in [-0.3, -0.25) is 9.97 Å². The highest BCUT2D eigenvalue weighted by Gasteiger charge is 2.08. The monoisotopic (exact) mass is 214 g/mol.